The van der Waals surface area contributed by atoms with Gasteiger partial charge in [-0.05, 0) is 67.4 Å². The van der Waals surface area contributed by atoms with E-state index < -0.39 is 11.7 Å². The second kappa shape index (κ2) is 10.9. The summed E-state index contributed by atoms with van der Waals surface area (Å²) in [4.78, 5) is 14.0. The lowest BCUT2D eigenvalue weighted by Crippen LogP contribution is -2.44. The molecule has 1 aliphatic heterocycles. The van der Waals surface area contributed by atoms with Crippen LogP contribution in [0.5, 0.6) is 5.75 Å². The number of nitriles is 1. The summed E-state index contributed by atoms with van der Waals surface area (Å²) in [6.45, 7) is 6.62. The van der Waals surface area contributed by atoms with Gasteiger partial charge in [-0.1, -0.05) is 29.8 Å². The van der Waals surface area contributed by atoms with Gasteiger partial charge in [-0.3, -0.25) is 0 Å². The summed E-state index contributed by atoms with van der Waals surface area (Å²) >= 11 is 6.71. The molecule has 4 rings (SSSR count). The van der Waals surface area contributed by atoms with E-state index in [-0.39, 0.29) is 18.6 Å². The molecule has 7 nitrogen and oxygen atoms in total. The molecule has 1 amide bonds. The van der Waals surface area contributed by atoms with Gasteiger partial charge in [0.25, 0.3) is 0 Å². The maximum Gasteiger partial charge on any atom is 0.410 e. The zero-order chi connectivity index (χ0) is 26.7. The van der Waals surface area contributed by atoms with Crippen molar-refractivity contribution in [2.24, 2.45) is 0 Å². The Morgan fingerprint density at radius 1 is 1.16 bits per heavy atom. The van der Waals surface area contributed by atoms with Crippen LogP contribution in [0.3, 0.4) is 0 Å². The van der Waals surface area contributed by atoms with E-state index >= 15 is 0 Å². The number of fused-ring (bicyclic) bond motifs is 1. The van der Waals surface area contributed by atoms with Crippen molar-refractivity contribution in [1.82, 2.24) is 4.90 Å². The maximum atomic E-state index is 12.3. The molecule has 0 aromatic heterocycles. The normalized spacial score (nSPS) is 15.3. The van der Waals surface area contributed by atoms with Crippen LogP contribution in [0.15, 0.2) is 48.5 Å². The van der Waals surface area contributed by atoms with Gasteiger partial charge >= 0.3 is 6.09 Å². The Hall–Kier alpha value is -3.47. The number of hydrogen-bond acceptors (Lipinski definition) is 6. The van der Waals surface area contributed by atoms with Gasteiger partial charge in [0.15, 0.2) is 0 Å². The summed E-state index contributed by atoms with van der Waals surface area (Å²) in [5.74, 6) is 0.506. The van der Waals surface area contributed by atoms with E-state index in [0.717, 1.165) is 10.8 Å². The van der Waals surface area contributed by atoms with E-state index in [1.807, 2.05) is 45.0 Å². The quantitative estimate of drug-likeness (QED) is 0.398. The Morgan fingerprint density at radius 2 is 1.86 bits per heavy atom. The Balaban J connectivity index is 1.44. The van der Waals surface area contributed by atoms with Gasteiger partial charge in [-0.15, -0.1) is 0 Å². The Bertz CT molecular complexity index is 1340. The molecule has 1 atom stereocenters. The predicted molar refractivity (Wildman–Crippen MR) is 145 cm³/mol. The van der Waals surface area contributed by atoms with E-state index in [4.69, 9.17) is 26.8 Å². The summed E-state index contributed by atoms with van der Waals surface area (Å²) < 4.78 is 11.7. The third-order valence-electron chi connectivity index (χ3n) is 6.41. The number of nitrogens with two attached hydrogens (primary N) is 1. The van der Waals surface area contributed by atoms with Gasteiger partial charge in [0.05, 0.1) is 22.8 Å². The number of likely N-dealkylation sites (tertiary alicyclic amines) is 1. The van der Waals surface area contributed by atoms with Crippen LogP contribution in [-0.4, -0.2) is 40.9 Å². The highest BCUT2D eigenvalue weighted by Crippen LogP contribution is 2.37. The number of hydrogen-bond donors (Lipinski definition) is 2. The number of carbonyl (C=O) groups excluding carboxylic acids is 1. The van der Waals surface area contributed by atoms with E-state index in [1.54, 1.807) is 29.2 Å². The monoisotopic (exact) mass is 521 g/mol. The number of piperidine rings is 1. The Morgan fingerprint density at radius 3 is 2.54 bits per heavy atom. The first-order chi connectivity index (χ1) is 17.5. The van der Waals surface area contributed by atoms with Gasteiger partial charge in [-0.2, -0.15) is 5.26 Å². The first-order valence-corrected chi connectivity index (χ1v) is 12.7. The molecule has 1 heterocycles. The molecule has 1 aliphatic rings. The second-order valence-electron chi connectivity index (χ2n) is 10.4. The minimum atomic E-state index is -0.845. The second-order valence-corrected chi connectivity index (χ2v) is 10.8. The van der Waals surface area contributed by atoms with Crippen molar-refractivity contribution in [2.75, 3.05) is 18.8 Å². The van der Waals surface area contributed by atoms with Gasteiger partial charge < -0.3 is 25.2 Å². The van der Waals surface area contributed by atoms with Crippen molar-refractivity contribution < 1.29 is 19.4 Å². The third kappa shape index (κ3) is 6.46. The number of halogens is 1. The first-order valence-electron chi connectivity index (χ1n) is 12.4. The van der Waals surface area contributed by atoms with E-state index in [9.17, 15) is 15.2 Å². The van der Waals surface area contributed by atoms with Crippen LogP contribution in [0, 0.1) is 11.3 Å². The highest BCUT2D eigenvalue weighted by Gasteiger charge is 2.28. The van der Waals surface area contributed by atoms with Crippen molar-refractivity contribution in [1.29, 1.82) is 5.26 Å². The van der Waals surface area contributed by atoms with Crippen LogP contribution >= 0.6 is 11.6 Å². The van der Waals surface area contributed by atoms with Crippen LogP contribution in [0.4, 0.5) is 10.5 Å². The zero-order valence-electron chi connectivity index (χ0n) is 21.3. The molecule has 3 aromatic carbocycles. The average molecular weight is 522 g/mol. The van der Waals surface area contributed by atoms with Crippen LogP contribution < -0.4 is 10.5 Å². The van der Waals surface area contributed by atoms with Gasteiger partial charge in [0.2, 0.25) is 0 Å². The van der Waals surface area contributed by atoms with Gasteiger partial charge in [0.1, 0.15) is 17.5 Å². The van der Waals surface area contributed by atoms with Crippen LogP contribution in [0.25, 0.3) is 10.8 Å². The summed E-state index contributed by atoms with van der Waals surface area (Å²) in [6, 6.07) is 16.7. The van der Waals surface area contributed by atoms with E-state index in [2.05, 4.69) is 6.07 Å². The number of aliphatic hydroxyl groups excluding tert-OH is 1. The lowest BCUT2D eigenvalue weighted by Gasteiger charge is -2.33. The predicted octanol–water partition coefficient (Wildman–Crippen LogP) is 6.00. The van der Waals surface area contributed by atoms with E-state index in [1.165, 1.54) is 0 Å². The Kier molecular flexibility index (Phi) is 7.82. The molecule has 0 spiro atoms. The largest absolute Gasteiger partial charge is 0.489 e. The molecule has 3 N–H and O–H groups in total. The fraction of sp³-hybridized carbons (Fsp3) is 0.379. The van der Waals surface area contributed by atoms with Crippen molar-refractivity contribution in [2.45, 2.75) is 57.8 Å². The topological polar surface area (TPSA) is 109 Å². The standard InChI is InChI=1S/C29H32ClN3O4/c1-29(2,3)37-28(35)33-12-10-22(11-13-33)36-26-9-8-24(32)23(27(26)30)16-25(34)20-7-6-19-5-4-18(17-31)14-21(19)15-20/h4-9,14-15,22,25,34H,10-13,16,32H2,1-3H3. The van der Waals surface area contributed by atoms with Crippen molar-refractivity contribution in [3.05, 3.63) is 70.2 Å². The SMILES string of the molecule is CC(C)(C)OC(=O)N1CCC(Oc2ccc(N)c(CC(O)c3ccc4ccc(C#N)cc4c3)c2Cl)CC1. The number of rotatable bonds is 5. The van der Waals surface area contributed by atoms with Gasteiger partial charge in [0, 0.05) is 43.6 Å². The number of nitrogens with zero attached hydrogens (tertiary/aromatic N) is 2. The fourth-order valence-corrected chi connectivity index (χ4v) is 4.72. The molecular formula is C29H32ClN3O4. The highest BCUT2D eigenvalue weighted by molar-refractivity contribution is 6.33. The molecule has 37 heavy (non-hydrogen) atoms. The van der Waals surface area contributed by atoms with Gasteiger partial charge in [-0.25, -0.2) is 4.79 Å². The number of amides is 1. The molecule has 0 aliphatic carbocycles. The molecule has 0 bridgehead atoms. The van der Waals surface area contributed by atoms with Crippen LogP contribution in [-0.2, 0) is 11.2 Å². The number of carbonyl (C=O) groups is 1. The molecule has 1 saturated heterocycles. The molecule has 194 valence electrons. The molecule has 1 fully saturated rings. The molecule has 3 aromatic rings. The highest BCUT2D eigenvalue weighted by atomic mass is 35.5. The number of benzene rings is 3. The number of ether oxygens (including phenoxy) is 2. The zero-order valence-corrected chi connectivity index (χ0v) is 22.1. The van der Waals surface area contributed by atoms with Crippen molar-refractivity contribution >= 4 is 34.2 Å². The minimum absolute atomic E-state index is 0.104. The third-order valence-corrected chi connectivity index (χ3v) is 6.82. The lowest BCUT2D eigenvalue weighted by molar-refractivity contribution is 0.0126. The summed E-state index contributed by atoms with van der Waals surface area (Å²) in [7, 11) is 0. The number of nitrogen functional groups attached to an aromatic ring is 1. The van der Waals surface area contributed by atoms with Crippen molar-refractivity contribution in [3.8, 4) is 11.8 Å². The summed E-state index contributed by atoms with van der Waals surface area (Å²) in [5.41, 5.74) is 8.06. The minimum Gasteiger partial charge on any atom is -0.489 e. The molecular weight excluding hydrogens is 490 g/mol. The van der Waals surface area contributed by atoms with Crippen LogP contribution in [0.1, 0.15) is 56.4 Å². The van der Waals surface area contributed by atoms with Crippen molar-refractivity contribution in [3.63, 3.8) is 0 Å². The molecule has 1 unspecified atom stereocenters. The summed E-state index contributed by atoms with van der Waals surface area (Å²) in [6.07, 6.45) is 0.252. The first kappa shape index (κ1) is 26.6. The van der Waals surface area contributed by atoms with Crippen LogP contribution in [0.2, 0.25) is 5.02 Å². The smallest absolute Gasteiger partial charge is 0.410 e. The number of aliphatic hydroxyl groups is 1. The van der Waals surface area contributed by atoms with E-state index in [0.29, 0.717) is 59.1 Å². The number of anilines is 1. The maximum absolute atomic E-state index is 12.3. The fourth-order valence-electron chi connectivity index (χ4n) is 4.43. The lowest BCUT2D eigenvalue weighted by atomic mass is 9.97. The molecule has 0 saturated carbocycles. The average Bonchev–Trinajstić information content (AvgIpc) is 2.86. The molecule has 0 radical (unpaired) electrons. The molecule has 8 heteroatoms. The Labute approximate surface area is 222 Å². The summed E-state index contributed by atoms with van der Waals surface area (Å²) in [5, 5.41) is 22.4.